The van der Waals surface area contributed by atoms with Gasteiger partial charge in [0.1, 0.15) is 22.5 Å². The van der Waals surface area contributed by atoms with Gasteiger partial charge in [-0.15, -0.1) is 0 Å². The maximum atomic E-state index is 13.2. The summed E-state index contributed by atoms with van der Waals surface area (Å²) in [5, 5.41) is 20.1. The van der Waals surface area contributed by atoms with E-state index in [0.717, 1.165) is 33.9 Å². The average molecular weight is 382 g/mol. The molecule has 0 saturated carbocycles. The van der Waals surface area contributed by atoms with E-state index in [4.69, 9.17) is 9.15 Å². The predicted octanol–water partition coefficient (Wildman–Crippen LogP) is 5.20. The number of aromatic hydroxyl groups is 2. The highest BCUT2D eigenvalue weighted by Gasteiger charge is 2.25. The molecule has 0 unspecified atom stereocenters. The first-order chi connectivity index (χ1) is 13.0. The SMILES string of the molecule is Cc1c(C)c(C)c(-c2oc3cc(O)cc(O)c3c(=O)c2OC(C)C)c(C)c1C. The molecule has 0 fully saturated rings. The van der Waals surface area contributed by atoms with Crippen molar-refractivity contribution in [2.24, 2.45) is 0 Å². The summed E-state index contributed by atoms with van der Waals surface area (Å²) < 4.78 is 12.0. The molecule has 148 valence electrons. The highest BCUT2D eigenvalue weighted by Crippen LogP contribution is 2.41. The van der Waals surface area contributed by atoms with Crippen LogP contribution in [-0.4, -0.2) is 16.3 Å². The number of phenolic OH excluding ortho intramolecular Hbond substituents is 2. The fraction of sp³-hybridized carbons (Fsp3) is 0.348. The molecule has 2 aromatic carbocycles. The number of benzene rings is 2. The fourth-order valence-electron chi connectivity index (χ4n) is 3.62. The van der Waals surface area contributed by atoms with Gasteiger partial charge in [0.15, 0.2) is 5.76 Å². The van der Waals surface area contributed by atoms with Crippen LogP contribution in [0.15, 0.2) is 21.3 Å². The van der Waals surface area contributed by atoms with E-state index in [2.05, 4.69) is 6.92 Å². The van der Waals surface area contributed by atoms with Crippen LogP contribution in [0.2, 0.25) is 0 Å². The molecule has 0 spiro atoms. The van der Waals surface area contributed by atoms with E-state index in [1.54, 1.807) is 0 Å². The number of hydrogen-bond acceptors (Lipinski definition) is 5. The number of rotatable bonds is 3. The molecule has 0 radical (unpaired) electrons. The molecule has 0 aliphatic carbocycles. The Morgan fingerprint density at radius 2 is 1.43 bits per heavy atom. The standard InChI is InChI=1S/C23H26O5/c1-10(2)27-23-21(26)20-17(25)8-16(24)9-18(20)28-22(23)19-14(6)12(4)11(3)13(5)15(19)7/h8-10,24-25H,1-7H3. The molecular weight excluding hydrogens is 356 g/mol. The van der Waals surface area contributed by atoms with E-state index in [1.165, 1.54) is 11.6 Å². The van der Waals surface area contributed by atoms with Gasteiger partial charge in [-0.2, -0.15) is 0 Å². The van der Waals surface area contributed by atoms with Gasteiger partial charge in [0.2, 0.25) is 11.2 Å². The summed E-state index contributed by atoms with van der Waals surface area (Å²) in [5.41, 5.74) is 5.90. The van der Waals surface area contributed by atoms with E-state index in [9.17, 15) is 15.0 Å². The molecule has 5 heteroatoms. The molecule has 0 aliphatic rings. The van der Waals surface area contributed by atoms with Gasteiger partial charge in [-0.1, -0.05) is 0 Å². The van der Waals surface area contributed by atoms with Crippen LogP contribution in [0.4, 0.5) is 0 Å². The topological polar surface area (TPSA) is 79.9 Å². The molecule has 0 atom stereocenters. The van der Waals surface area contributed by atoms with Gasteiger partial charge in [-0.25, -0.2) is 0 Å². The lowest BCUT2D eigenvalue weighted by atomic mass is 9.88. The Morgan fingerprint density at radius 1 is 0.893 bits per heavy atom. The van der Waals surface area contributed by atoms with Gasteiger partial charge in [-0.3, -0.25) is 4.79 Å². The molecule has 2 N–H and O–H groups in total. The summed E-state index contributed by atoms with van der Waals surface area (Å²) >= 11 is 0. The Kier molecular flexibility index (Phi) is 4.88. The minimum atomic E-state index is -0.461. The molecule has 0 saturated heterocycles. The Bertz CT molecular complexity index is 1120. The third-order valence-corrected chi connectivity index (χ3v) is 5.50. The van der Waals surface area contributed by atoms with Gasteiger partial charge in [0.05, 0.1) is 6.10 Å². The monoisotopic (exact) mass is 382 g/mol. The van der Waals surface area contributed by atoms with Gasteiger partial charge in [0.25, 0.3) is 0 Å². The molecule has 0 bridgehead atoms. The van der Waals surface area contributed by atoms with E-state index in [1.807, 2.05) is 41.5 Å². The largest absolute Gasteiger partial charge is 0.508 e. The number of phenols is 2. The van der Waals surface area contributed by atoms with Crippen LogP contribution in [0.5, 0.6) is 17.2 Å². The summed E-state index contributed by atoms with van der Waals surface area (Å²) in [6.07, 6.45) is -0.258. The molecule has 3 aromatic rings. The van der Waals surface area contributed by atoms with Crippen LogP contribution >= 0.6 is 0 Å². The zero-order chi connectivity index (χ0) is 20.9. The highest BCUT2D eigenvalue weighted by molar-refractivity contribution is 5.89. The average Bonchev–Trinajstić information content (AvgIpc) is 2.60. The first-order valence-electron chi connectivity index (χ1n) is 9.31. The zero-order valence-electron chi connectivity index (χ0n) is 17.4. The van der Waals surface area contributed by atoms with Gasteiger partial charge in [0, 0.05) is 17.7 Å². The molecule has 0 aliphatic heterocycles. The highest BCUT2D eigenvalue weighted by atomic mass is 16.5. The van der Waals surface area contributed by atoms with Crippen LogP contribution in [0.25, 0.3) is 22.3 Å². The van der Waals surface area contributed by atoms with Crippen molar-refractivity contribution in [3.05, 3.63) is 50.2 Å². The second kappa shape index (κ2) is 6.89. The molecule has 3 rings (SSSR count). The molecule has 1 heterocycles. The Labute approximate surface area is 164 Å². The lowest BCUT2D eigenvalue weighted by Gasteiger charge is -2.21. The van der Waals surface area contributed by atoms with Gasteiger partial charge in [-0.05, 0) is 76.3 Å². The summed E-state index contributed by atoms with van der Waals surface area (Å²) in [6.45, 7) is 13.8. The number of fused-ring (bicyclic) bond motifs is 1. The summed E-state index contributed by atoms with van der Waals surface area (Å²) in [6, 6.07) is 2.45. The predicted molar refractivity (Wildman–Crippen MR) is 111 cm³/mol. The quantitative estimate of drug-likeness (QED) is 0.651. The van der Waals surface area contributed by atoms with Crippen LogP contribution < -0.4 is 10.2 Å². The van der Waals surface area contributed by atoms with E-state index in [0.29, 0.717) is 5.76 Å². The Balaban J connectivity index is 2.53. The van der Waals surface area contributed by atoms with Crippen molar-refractivity contribution < 1.29 is 19.4 Å². The van der Waals surface area contributed by atoms with Crippen molar-refractivity contribution in [2.45, 2.75) is 54.6 Å². The van der Waals surface area contributed by atoms with Crippen LogP contribution in [-0.2, 0) is 0 Å². The molecular formula is C23H26O5. The second-order valence-electron chi connectivity index (χ2n) is 7.59. The minimum absolute atomic E-state index is 0.00642. The van der Waals surface area contributed by atoms with Crippen molar-refractivity contribution in [3.8, 4) is 28.6 Å². The summed E-state index contributed by atoms with van der Waals surface area (Å²) in [5.74, 6) is -0.135. The van der Waals surface area contributed by atoms with Gasteiger partial charge < -0.3 is 19.4 Å². The lowest BCUT2D eigenvalue weighted by molar-refractivity contribution is 0.236. The summed E-state index contributed by atoms with van der Waals surface area (Å²) in [7, 11) is 0. The first-order valence-corrected chi connectivity index (χ1v) is 9.31. The van der Waals surface area contributed by atoms with E-state index < -0.39 is 5.43 Å². The summed E-state index contributed by atoms with van der Waals surface area (Å²) in [4.78, 5) is 13.2. The third kappa shape index (κ3) is 3.01. The van der Waals surface area contributed by atoms with Crippen LogP contribution in [0, 0.1) is 34.6 Å². The van der Waals surface area contributed by atoms with E-state index >= 15 is 0 Å². The minimum Gasteiger partial charge on any atom is -0.508 e. The number of hydrogen-bond donors (Lipinski definition) is 2. The van der Waals surface area contributed by atoms with Crippen molar-refractivity contribution in [1.82, 2.24) is 0 Å². The second-order valence-corrected chi connectivity index (χ2v) is 7.59. The zero-order valence-corrected chi connectivity index (χ0v) is 17.4. The maximum absolute atomic E-state index is 13.2. The lowest BCUT2D eigenvalue weighted by Crippen LogP contribution is -2.16. The Morgan fingerprint density at radius 3 is 1.96 bits per heavy atom. The van der Waals surface area contributed by atoms with Crippen molar-refractivity contribution in [2.75, 3.05) is 0 Å². The normalized spacial score (nSPS) is 11.4. The van der Waals surface area contributed by atoms with Crippen molar-refractivity contribution >= 4 is 11.0 Å². The molecule has 5 nitrogen and oxygen atoms in total. The Hall–Kier alpha value is -2.95. The third-order valence-electron chi connectivity index (χ3n) is 5.50. The van der Waals surface area contributed by atoms with Crippen LogP contribution in [0.1, 0.15) is 41.7 Å². The van der Waals surface area contributed by atoms with Crippen LogP contribution in [0.3, 0.4) is 0 Å². The molecule has 1 aromatic heterocycles. The maximum Gasteiger partial charge on any atom is 0.239 e. The van der Waals surface area contributed by atoms with E-state index in [-0.39, 0.29) is 34.3 Å². The molecule has 28 heavy (non-hydrogen) atoms. The van der Waals surface area contributed by atoms with Gasteiger partial charge >= 0.3 is 0 Å². The first kappa shape index (κ1) is 19.8. The smallest absolute Gasteiger partial charge is 0.239 e. The molecule has 0 amide bonds. The fourth-order valence-corrected chi connectivity index (χ4v) is 3.62. The number of ether oxygens (including phenoxy) is 1. The van der Waals surface area contributed by atoms with Crippen molar-refractivity contribution in [1.29, 1.82) is 0 Å². The van der Waals surface area contributed by atoms with Crippen molar-refractivity contribution in [3.63, 3.8) is 0 Å².